The number of fused-ring (bicyclic) bond motifs is 3. The van der Waals surface area contributed by atoms with E-state index >= 15 is 0 Å². The predicted molar refractivity (Wildman–Crippen MR) is 88.2 cm³/mol. The Bertz CT molecular complexity index is 613. The molecule has 0 spiro atoms. The van der Waals surface area contributed by atoms with Gasteiger partial charge >= 0.3 is 0 Å². The number of nitrogens with zero attached hydrogens (tertiary/aromatic N) is 1. The van der Waals surface area contributed by atoms with Crippen LogP contribution in [0, 0.1) is 0 Å². The van der Waals surface area contributed by atoms with Crippen LogP contribution < -0.4 is 4.74 Å². The molecule has 3 nitrogen and oxygen atoms in total. The predicted octanol–water partition coefficient (Wildman–Crippen LogP) is 3.77. The third-order valence-corrected chi connectivity index (χ3v) is 4.77. The smallest absolute Gasteiger partial charge is 0.123 e. The monoisotopic (exact) mass is 286 g/mol. The minimum atomic E-state index is 0.569. The highest BCUT2D eigenvalue weighted by Crippen LogP contribution is 2.34. The fourth-order valence-electron chi connectivity index (χ4n) is 3.62. The molecule has 1 aliphatic rings. The average Bonchev–Trinajstić information content (AvgIpc) is 2.92. The van der Waals surface area contributed by atoms with Crippen molar-refractivity contribution in [3.05, 3.63) is 29.5 Å². The van der Waals surface area contributed by atoms with E-state index in [0.717, 1.165) is 44.7 Å². The summed E-state index contributed by atoms with van der Waals surface area (Å²) >= 11 is 0. The summed E-state index contributed by atoms with van der Waals surface area (Å²) in [6.07, 6.45) is 5.55. The molecular weight excluding hydrogens is 260 g/mol. The average molecular weight is 286 g/mol. The normalized spacial score (nSPS) is 16.0. The molecule has 1 aromatic carbocycles. The molecule has 0 saturated heterocycles. The van der Waals surface area contributed by atoms with E-state index in [0.29, 0.717) is 6.04 Å². The summed E-state index contributed by atoms with van der Waals surface area (Å²) in [5.41, 5.74) is 4.09. The van der Waals surface area contributed by atoms with E-state index in [1.54, 1.807) is 0 Å². The Morgan fingerprint density at radius 3 is 2.86 bits per heavy atom. The van der Waals surface area contributed by atoms with Gasteiger partial charge in [0.1, 0.15) is 5.75 Å². The number of aromatic nitrogens is 1. The van der Waals surface area contributed by atoms with Crippen LogP contribution in [0.15, 0.2) is 18.3 Å². The second-order valence-electron chi connectivity index (χ2n) is 6.01. The van der Waals surface area contributed by atoms with Crippen LogP contribution in [0.5, 0.6) is 5.75 Å². The summed E-state index contributed by atoms with van der Waals surface area (Å²) in [6, 6.07) is 4.84. The third-order valence-electron chi connectivity index (χ3n) is 4.77. The van der Waals surface area contributed by atoms with E-state index in [1.807, 2.05) is 0 Å². The molecule has 2 heterocycles. The third kappa shape index (κ3) is 2.67. The second-order valence-corrected chi connectivity index (χ2v) is 6.01. The zero-order chi connectivity index (χ0) is 14.8. The largest absolute Gasteiger partial charge is 0.493 e. The number of likely N-dealkylation sites (N-methyl/N-ethyl adjacent to an activating group) is 1. The maximum absolute atomic E-state index is 5.83. The SMILES string of the molecule is CCN(CC)C(C)Cc1c[nH]c2ccc3c(c12)CCCO3. The topological polar surface area (TPSA) is 28.3 Å². The Morgan fingerprint density at radius 1 is 1.29 bits per heavy atom. The molecule has 0 fully saturated rings. The number of ether oxygens (including phenoxy) is 1. The lowest BCUT2D eigenvalue weighted by atomic mass is 9.96. The van der Waals surface area contributed by atoms with Crippen molar-refractivity contribution in [2.75, 3.05) is 19.7 Å². The minimum absolute atomic E-state index is 0.569. The fourth-order valence-corrected chi connectivity index (χ4v) is 3.62. The maximum Gasteiger partial charge on any atom is 0.123 e. The minimum Gasteiger partial charge on any atom is -0.493 e. The lowest BCUT2D eigenvalue weighted by Crippen LogP contribution is -2.34. The quantitative estimate of drug-likeness (QED) is 0.906. The summed E-state index contributed by atoms with van der Waals surface area (Å²) in [5, 5.41) is 1.41. The van der Waals surface area contributed by atoms with Crippen molar-refractivity contribution in [3.63, 3.8) is 0 Å². The van der Waals surface area contributed by atoms with Crippen molar-refractivity contribution in [3.8, 4) is 5.75 Å². The van der Waals surface area contributed by atoms with Crippen LogP contribution in [0.1, 0.15) is 38.3 Å². The second kappa shape index (κ2) is 6.10. The highest BCUT2D eigenvalue weighted by molar-refractivity contribution is 5.89. The van der Waals surface area contributed by atoms with Crippen LogP contribution >= 0.6 is 0 Å². The molecular formula is C18H26N2O. The molecule has 21 heavy (non-hydrogen) atoms. The first-order valence-electron chi connectivity index (χ1n) is 8.23. The summed E-state index contributed by atoms with van der Waals surface area (Å²) in [4.78, 5) is 5.96. The van der Waals surface area contributed by atoms with Gasteiger partial charge in [0, 0.05) is 28.7 Å². The zero-order valence-corrected chi connectivity index (χ0v) is 13.4. The standard InChI is InChI=1S/C18H26N2O/c1-4-20(5-2)13(3)11-14-12-19-16-8-9-17-15(18(14)16)7-6-10-21-17/h8-9,12-13,19H,4-7,10-11H2,1-3H3. The van der Waals surface area contributed by atoms with Crippen LogP contribution in [-0.4, -0.2) is 35.6 Å². The van der Waals surface area contributed by atoms with Gasteiger partial charge in [-0.1, -0.05) is 13.8 Å². The van der Waals surface area contributed by atoms with E-state index in [9.17, 15) is 0 Å². The molecule has 2 aromatic rings. The number of rotatable bonds is 5. The molecule has 1 aromatic heterocycles. The van der Waals surface area contributed by atoms with Gasteiger partial charge in [0.15, 0.2) is 0 Å². The highest BCUT2D eigenvalue weighted by atomic mass is 16.5. The summed E-state index contributed by atoms with van der Waals surface area (Å²) in [6.45, 7) is 9.89. The first-order valence-corrected chi connectivity index (χ1v) is 8.23. The number of H-pyrrole nitrogens is 1. The molecule has 0 saturated carbocycles. The molecule has 0 bridgehead atoms. The van der Waals surface area contributed by atoms with Crippen LogP contribution in [0.25, 0.3) is 10.9 Å². The molecule has 1 unspecified atom stereocenters. The number of hydrogen-bond donors (Lipinski definition) is 1. The molecule has 3 rings (SSSR count). The van der Waals surface area contributed by atoms with Crippen molar-refractivity contribution >= 4 is 10.9 Å². The highest BCUT2D eigenvalue weighted by Gasteiger charge is 2.19. The molecule has 0 amide bonds. The van der Waals surface area contributed by atoms with Gasteiger partial charge in [-0.3, -0.25) is 0 Å². The van der Waals surface area contributed by atoms with Crippen LogP contribution in [0.4, 0.5) is 0 Å². The van der Waals surface area contributed by atoms with E-state index in [2.05, 4.69) is 49.0 Å². The number of hydrogen-bond acceptors (Lipinski definition) is 2. The number of nitrogens with one attached hydrogen (secondary N) is 1. The van der Waals surface area contributed by atoms with Crippen molar-refractivity contribution in [1.82, 2.24) is 9.88 Å². The van der Waals surface area contributed by atoms with Crippen LogP contribution in [-0.2, 0) is 12.8 Å². The molecule has 114 valence electrons. The van der Waals surface area contributed by atoms with E-state index < -0.39 is 0 Å². The van der Waals surface area contributed by atoms with Gasteiger partial charge < -0.3 is 14.6 Å². The number of aryl methyl sites for hydroxylation is 1. The summed E-state index contributed by atoms with van der Waals surface area (Å²) < 4.78 is 5.83. The van der Waals surface area contributed by atoms with Crippen LogP contribution in [0.3, 0.4) is 0 Å². The molecule has 1 aliphatic heterocycles. The molecule has 1 N–H and O–H groups in total. The van der Waals surface area contributed by atoms with Crippen molar-refractivity contribution in [2.45, 2.75) is 46.1 Å². The summed E-state index contributed by atoms with van der Waals surface area (Å²) in [7, 11) is 0. The van der Waals surface area contributed by atoms with Gasteiger partial charge in [-0.25, -0.2) is 0 Å². The van der Waals surface area contributed by atoms with Gasteiger partial charge in [-0.05, 0) is 57.0 Å². The number of aromatic amines is 1. The van der Waals surface area contributed by atoms with Gasteiger partial charge in [0.25, 0.3) is 0 Å². The van der Waals surface area contributed by atoms with Crippen molar-refractivity contribution in [2.24, 2.45) is 0 Å². The fraction of sp³-hybridized carbons (Fsp3) is 0.556. The zero-order valence-electron chi connectivity index (χ0n) is 13.4. The van der Waals surface area contributed by atoms with Gasteiger partial charge in [-0.2, -0.15) is 0 Å². The first kappa shape index (κ1) is 14.5. The van der Waals surface area contributed by atoms with E-state index in [-0.39, 0.29) is 0 Å². The molecule has 0 radical (unpaired) electrons. The van der Waals surface area contributed by atoms with Gasteiger partial charge in [-0.15, -0.1) is 0 Å². The van der Waals surface area contributed by atoms with Gasteiger partial charge in [0.05, 0.1) is 6.61 Å². The Kier molecular flexibility index (Phi) is 4.20. The van der Waals surface area contributed by atoms with E-state index in [4.69, 9.17) is 4.74 Å². The Morgan fingerprint density at radius 2 is 2.10 bits per heavy atom. The maximum atomic E-state index is 5.83. The van der Waals surface area contributed by atoms with Crippen molar-refractivity contribution in [1.29, 1.82) is 0 Å². The van der Waals surface area contributed by atoms with E-state index in [1.165, 1.54) is 22.0 Å². The first-order chi connectivity index (χ1) is 10.2. The Balaban J connectivity index is 1.95. The lowest BCUT2D eigenvalue weighted by molar-refractivity contribution is 0.230. The molecule has 3 heteroatoms. The molecule has 0 aliphatic carbocycles. The lowest BCUT2D eigenvalue weighted by Gasteiger charge is -2.26. The number of benzene rings is 1. The summed E-state index contributed by atoms with van der Waals surface area (Å²) in [5.74, 6) is 1.09. The molecule has 1 atom stereocenters. The van der Waals surface area contributed by atoms with Crippen molar-refractivity contribution < 1.29 is 4.74 Å². The van der Waals surface area contributed by atoms with Gasteiger partial charge in [0.2, 0.25) is 0 Å². The Labute approximate surface area is 127 Å². The van der Waals surface area contributed by atoms with Crippen LogP contribution in [0.2, 0.25) is 0 Å². The Hall–Kier alpha value is -1.48.